The van der Waals surface area contributed by atoms with Crippen LogP contribution in [0.2, 0.25) is 5.02 Å². The molecule has 3 aromatic rings. The van der Waals surface area contributed by atoms with E-state index < -0.39 is 10.7 Å². The quantitative estimate of drug-likeness (QED) is 0.417. The number of rotatable bonds is 6. The van der Waals surface area contributed by atoms with Gasteiger partial charge in [0, 0.05) is 24.1 Å². The predicted octanol–water partition coefficient (Wildman–Crippen LogP) is 4.30. The third-order valence-electron chi connectivity index (χ3n) is 4.57. The van der Waals surface area contributed by atoms with E-state index in [0.717, 1.165) is 18.5 Å². The Labute approximate surface area is 164 Å². The number of nitrogens with two attached hydrogens (primary N) is 1. The van der Waals surface area contributed by atoms with Crippen molar-refractivity contribution < 1.29 is 9.31 Å². The van der Waals surface area contributed by atoms with Crippen molar-refractivity contribution in [1.82, 2.24) is 15.2 Å². The summed E-state index contributed by atoms with van der Waals surface area (Å²) in [5, 5.41) is 21.7. The molecule has 2 aromatic heterocycles. The van der Waals surface area contributed by atoms with Gasteiger partial charge in [0.05, 0.1) is 15.5 Å². The van der Waals surface area contributed by atoms with Crippen LogP contribution in [0.15, 0.2) is 30.3 Å². The summed E-state index contributed by atoms with van der Waals surface area (Å²) in [7, 11) is 0. The van der Waals surface area contributed by atoms with Gasteiger partial charge in [-0.1, -0.05) is 23.7 Å². The zero-order valence-electron chi connectivity index (χ0n) is 14.6. The van der Waals surface area contributed by atoms with Gasteiger partial charge in [-0.15, -0.1) is 0 Å². The van der Waals surface area contributed by atoms with Gasteiger partial charge in [0.1, 0.15) is 11.6 Å². The van der Waals surface area contributed by atoms with Crippen LogP contribution in [-0.4, -0.2) is 20.1 Å². The smallest absolute Gasteiger partial charge is 0.316 e. The van der Waals surface area contributed by atoms with Gasteiger partial charge in [-0.3, -0.25) is 15.2 Å². The van der Waals surface area contributed by atoms with Crippen LogP contribution in [0.25, 0.3) is 0 Å². The molecule has 0 saturated heterocycles. The van der Waals surface area contributed by atoms with Gasteiger partial charge in [-0.05, 0) is 30.5 Å². The Hall–Kier alpha value is -3.20. The highest BCUT2D eigenvalue weighted by Gasteiger charge is 2.29. The van der Waals surface area contributed by atoms with E-state index in [-0.39, 0.29) is 34.3 Å². The monoisotopic (exact) mass is 402 g/mol. The fourth-order valence-electron chi connectivity index (χ4n) is 3.00. The highest BCUT2D eigenvalue weighted by Crippen LogP contribution is 2.41. The number of nitrogens with zero attached hydrogens (tertiary/aromatic N) is 3. The number of H-pyrrole nitrogens is 1. The Morgan fingerprint density at radius 2 is 2.07 bits per heavy atom. The molecule has 1 saturated carbocycles. The molecule has 0 unspecified atom stereocenters. The summed E-state index contributed by atoms with van der Waals surface area (Å²) in [5.74, 6) is 0.385. The molecule has 2 heterocycles. The van der Waals surface area contributed by atoms with Gasteiger partial charge in [0.15, 0.2) is 5.82 Å². The minimum atomic E-state index is -0.562. The highest BCUT2D eigenvalue weighted by atomic mass is 35.5. The number of anilines is 3. The van der Waals surface area contributed by atoms with Crippen molar-refractivity contribution >= 4 is 34.7 Å². The lowest BCUT2D eigenvalue weighted by Crippen LogP contribution is -2.08. The van der Waals surface area contributed by atoms with Crippen LogP contribution in [0.4, 0.5) is 27.5 Å². The summed E-state index contributed by atoms with van der Waals surface area (Å²) in [4.78, 5) is 15.3. The largest absolute Gasteiger partial charge is 0.382 e. The maximum absolute atomic E-state index is 13.2. The van der Waals surface area contributed by atoms with E-state index in [1.807, 2.05) is 0 Å². The lowest BCUT2D eigenvalue weighted by atomic mass is 10.0. The molecule has 4 N–H and O–H groups in total. The number of halogens is 2. The molecule has 0 radical (unpaired) electrons. The number of pyridine rings is 1. The first kappa shape index (κ1) is 18.2. The van der Waals surface area contributed by atoms with Crippen molar-refractivity contribution in [1.29, 1.82) is 0 Å². The zero-order chi connectivity index (χ0) is 19.8. The van der Waals surface area contributed by atoms with E-state index in [4.69, 9.17) is 17.3 Å². The molecule has 10 heteroatoms. The van der Waals surface area contributed by atoms with Crippen molar-refractivity contribution in [3.8, 4) is 0 Å². The van der Waals surface area contributed by atoms with Crippen LogP contribution in [-0.2, 0) is 6.42 Å². The molecule has 1 fully saturated rings. The van der Waals surface area contributed by atoms with Gasteiger partial charge >= 0.3 is 5.69 Å². The SMILES string of the molecule is Nc1nc(Nc2cc(C3CC3)[nH]n2)c([N+](=O)[O-])c(Cc2ccc(F)cc2)c1Cl. The van der Waals surface area contributed by atoms with Crippen LogP contribution in [0.3, 0.4) is 0 Å². The average molecular weight is 403 g/mol. The second-order valence-electron chi connectivity index (χ2n) is 6.65. The fourth-order valence-corrected chi connectivity index (χ4v) is 3.20. The molecule has 28 heavy (non-hydrogen) atoms. The van der Waals surface area contributed by atoms with Crippen LogP contribution in [0.1, 0.15) is 35.6 Å². The molecule has 0 aliphatic heterocycles. The van der Waals surface area contributed by atoms with Gasteiger partial charge in [-0.25, -0.2) is 9.37 Å². The van der Waals surface area contributed by atoms with E-state index in [2.05, 4.69) is 20.5 Å². The number of nitrogens with one attached hydrogen (secondary N) is 2. The Morgan fingerprint density at radius 1 is 1.36 bits per heavy atom. The minimum Gasteiger partial charge on any atom is -0.382 e. The number of aromatic amines is 1. The number of aromatic nitrogens is 3. The molecule has 144 valence electrons. The molecule has 1 aliphatic rings. The molecule has 0 atom stereocenters. The third kappa shape index (κ3) is 3.61. The summed E-state index contributed by atoms with van der Waals surface area (Å²) in [6.07, 6.45) is 2.29. The topological polar surface area (TPSA) is 123 Å². The molecule has 0 amide bonds. The maximum Gasteiger partial charge on any atom is 0.316 e. The summed E-state index contributed by atoms with van der Waals surface area (Å²) >= 11 is 6.24. The van der Waals surface area contributed by atoms with E-state index >= 15 is 0 Å². The third-order valence-corrected chi connectivity index (χ3v) is 4.99. The molecule has 0 spiro atoms. The molecule has 1 aromatic carbocycles. The zero-order valence-corrected chi connectivity index (χ0v) is 15.3. The molecular weight excluding hydrogens is 387 g/mol. The first-order valence-electron chi connectivity index (χ1n) is 8.61. The Balaban J connectivity index is 1.73. The Bertz CT molecular complexity index is 1050. The van der Waals surface area contributed by atoms with Gasteiger partial charge < -0.3 is 11.1 Å². The normalized spacial score (nSPS) is 13.5. The van der Waals surface area contributed by atoms with Crippen molar-refractivity contribution in [3.05, 3.63) is 68.1 Å². The summed E-state index contributed by atoms with van der Waals surface area (Å²) in [6.45, 7) is 0. The van der Waals surface area contributed by atoms with E-state index in [0.29, 0.717) is 17.3 Å². The van der Waals surface area contributed by atoms with Gasteiger partial charge in [0.25, 0.3) is 0 Å². The number of hydrogen-bond acceptors (Lipinski definition) is 6. The standard InChI is InChI=1S/C18H16ClFN6O2/c19-15-12(7-9-1-5-11(20)6-2-9)16(26(27)28)18(23-17(15)21)22-14-8-13(24-25-14)10-3-4-10/h1-2,5-6,8,10H,3-4,7H2,(H4,21,22,23,24,25). The summed E-state index contributed by atoms with van der Waals surface area (Å²) in [6, 6.07) is 7.43. The van der Waals surface area contributed by atoms with E-state index in [9.17, 15) is 14.5 Å². The van der Waals surface area contributed by atoms with Crippen molar-refractivity contribution in [3.63, 3.8) is 0 Å². The van der Waals surface area contributed by atoms with Crippen molar-refractivity contribution in [2.45, 2.75) is 25.2 Å². The van der Waals surface area contributed by atoms with Gasteiger partial charge in [0.2, 0.25) is 5.82 Å². The van der Waals surface area contributed by atoms with Crippen LogP contribution in [0, 0.1) is 15.9 Å². The van der Waals surface area contributed by atoms with Crippen LogP contribution >= 0.6 is 11.6 Å². The summed E-state index contributed by atoms with van der Waals surface area (Å²) < 4.78 is 13.2. The number of benzene rings is 1. The Kier molecular flexibility index (Phi) is 4.60. The molecule has 1 aliphatic carbocycles. The lowest BCUT2D eigenvalue weighted by Gasteiger charge is -2.12. The first-order valence-corrected chi connectivity index (χ1v) is 8.99. The van der Waals surface area contributed by atoms with Gasteiger partial charge in [-0.2, -0.15) is 5.10 Å². The molecular formula is C18H16ClFN6O2. The highest BCUT2D eigenvalue weighted by molar-refractivity contribution is 6.34. The van der Waals surface area contributed by atoms with E-state index in [1.54, 1.807) is 6.07 Å². The number of hydrogen-bond donors (Lipinski definition) is 3. The number of nitro groups is 1. The first-order chi connectivity index (χ1) is 13.4. The second-order valence-corrected chi connectivity index (χ2v) is 7.03. The predicted molar refractivity (Wildman–Crippen MR) is 103 cm³/mol. The lowest BCUT2D eigenvalue weighted by molar-refractivity contribution is -0.384. The number of nitrogen functional groups attached to an aromatic ring is 1. The fraction of sp³-hybridized carbons (Fsp3) is 0.222. The van der Waals surface area contributed by atoms with Crippen molar-refractivity contribution in [2.24, 2.45) is 0 Å². The summed E-state index contributed by atoms with van der Waals surface area (Å²) in [5.41, 5.74) is 7.42. The average Bonchev–Trinajstić information content (AvgIpc) is 3.40. The van der Waals surface area contributed by atoms with Crippen molar-refractivity contribution in [2.75, 3.05) is 11.1 Å². The second kappa shape index (κ2) is 7.08. The van der Waals surface area contributed by atoms with Crippen LogP contribution < -0.4 is 11.1 Å². The molecule has 0 bridgehead atoms. The Morgan fingerprint density at radius 3 is 2.71 bits per heavy atom. The molecule has 8 nitrogen and oxygen atoms in total. The van der Waals surface area contributed by atoms with E-state index in [1.165, 1.54) is 24.3 Å². The molecule has 4 rings (SSSR count). The minimum absolute atomic E-state index is 0.00210. The maximum atomic E-state index is 13.2. The van der Waals surface area contributed by atoms with Crippen LogP contribution in [0.5, 0.6) is 0 Å².